The second-order valence-electron chi connectivity index (χ2n) is 17.4. The van der Waals surface area contributed by atoms with E-state index in [0.717, 1.165) is 29.7 Å². The third-order valence-electron chi connectivity index (χ3n) is 11.6. The molecule has 0 atom stereocenters. The molecule has 328 valence electrons. The molecule has 0 N–H and O–H groups in total. The Kier molecular flexibility index (Phi) is 16.0. The third-order valence-corrected chi connectivity index (χ3v) is 11.6. The van der Waals surface area contributed by atoms with E-state index < -0.39 is 6.85 Å². The van der Waals surface area contributed by atoms with E-state index in [1.807, 2.05) is 49.0 Å². The largest absolute Gasteiger partial charge is 0.212 e. The zero-order valence-corrected chi connectivity index (χ0v) is 40.4. The average molecular weight is 852 g/mol. The topological polar surface area (TPSA) is 15.5 Å². The van der Waals surface area contributed by atoms with E-state index in [-0.39, 0.29) is 0 Å². The first-order valence-electron chi connectivity index (χ1n) is 24.1. The normalized spacial score (nSPS) is 11.4. The summed E-state index contributed by atoms with van der Waals surface area (Å²) in [7, 11) is 8.24. The Morgan fingerprint density at radius 1 is 0.406 bits per heavy atom. The average Bonchev–Trinajstić information content (AvgIpc) is 3.29. The quantitative estimate of drug-likeness (QED) is 0.142. The van der Waals surface area contributed by atoms with Gasteiger partial charge in [-0.2, -0.15) is 0 Å². The van der Waals surface area contributed by atoms with Crippen molar-refractivity contribution in [1.29, 1.82) is 0 Å². The van der Waals surface area contributed by atoms with Gasteiger partial charge >= 0.3 is 0 Å². The van der Waals surface area contributed by atoms with Crippen LogP contribution in [0.25, 0.3) is 45.0 Å². The molecular formula is C60H72N4+4. The van der Waals surface area contributed by atoms with Crippen LogP contribution in [0.1, 0.15) is 69.4 Å². The number of hydrogen-bond donors (Lipinski definition) is 0. The van der Waals surface area contributed by atoms with Gasteiger partial charge in [0.15, 0.2) is 24.8 Å². The first kappa shape index (κ1) is 44.1. The lowest BCUT2D eigenvalue weighted by atomic mass is 9.97. The van der Waals surface area contributed by atoms with Gasteiger partial charge < -0.3 is 0 Å². The number of hydrogen-bond acceptors (Lipinski definition) is 0. The molecule has 0 saturated heterocycles. The van der Waals surface area contributed by atoms with Crippen LogP contribution >= 0.6 is 0 Å². The zero-order chi connectivity index (χ0) is 48.8. The van der Waals surface area contributed by atoms with Crippen molar-refractivity contribution in [2.24, 2.45) is 34.1 Å². The summed E-state index contributed by atoms with van der Waals surface area (Å²) in [6, 6.07) is 50.3. The van der Waals surface area contributed by atoms with Crippen LogP contribution in [0.2, 0.25) is 0 Å². The molecule has 64 heavy (non-hydrogen) atoms. The summed E-state index contributed by atoms with van der Waals surface area (Å²) in [5.41, 5.74) is 19.4. The summed E-state index contributed by atoms with van der Waals surface area (Å²) in [5.74, 6) is 0.711. The van der Waals surface area contributed by atoms with Crippen LogP contribution in [0, 0.1) is 47.4 Å². The van der Waals surface area contributed by atoms with E-state index in [4.69, 9.17) is 4.11 Å². The van der Waals surface area contributed by atoms with E-state index in [9.17, 15) is 0 Å². The molecule has 0 aliphatic heterocycles. The fraction of sp³-hybridized carbons (Fsp3) is 0.267. The third kappa shape index (κ3) is 13.3. The predicted molar refractivity (Wildman–Crippen MR) is 269 cm³/mol. The predicted octanol–water partition coefficient (Wildman–Crippen LogP) is 12.3. The molecule has 0 bridgehead atoms. The van der Waals surface area contributed by atoms with Crippen LogP contribution in [0.5, 0.6) is 0 Å². The number of nitrogens with zero attached hydrogens (tertiary/aromatic N) is 4. The lowest BCUT2D eigenvalue weighted by Crippen LogP contribution is -2.30. The van der Waals surface area contributed by atoms with Gasteiger partial charge in [-0.15, -0.1) is 0 Å². The standard InChI is InChI=1S/C17H22N.C15H18N.2C14H16N/c1-13(2)11-15-8-9-16(14(3)12-15)17-7-5-6-10-18(17)4;1-4-13-8-9-14(12(2)11-13)15-7-5-6-10-16(15)3;1-11-7-8-13(12(2)10-11)14-6-4-5-9-15(14)3;1-11-7-8-12(2)13(10-11)14-6-4-5-9-15(14)3/h5-10,12-13H,11H2,1-4H3;5-11H,4H2,1-3H3;2*4-10H,1-3H3/q4*+1/i;;1D3;. The molecule has 8 rings (SSSR count). The minimum absolute atomic E-state index is 0.391. The van der Waals surface area contributed by atoms with E-state index in [0.29, 0.717) is 11.5 Å². The maximum absolute atomic E-state index is 7.42. The molecule has 0 fully saturated rings. The first-order valence-corrected chi connectivity index (χ1v) is 22.6. The molecule has 4 heteroatoms. The monoisotopic (exact) mass is 852 g/mol. The Hall–Kier alpha value is -6.52. The van der Waals surface area contributed by atoms with Gasteiger partial charge in [-0.3, -0.25) is 0 Å². The van der Waals surface area contributed by atoms with E-state index >= 15 is 0 Å². The molecule has 0 saturated carbocycles. The summed E-state index contributed by atoms with van der Waals surface area (Å²) >= 11 is 0. The molecule has 0 radical (unpaired) electrons. The summed E-state index contributed by atoms with van der Waals surface area (Å²) in [6.07, 6.45) is 10.5. The fourth-order valence-electron chi connectivity index (χ4n) is 8.02. The van der Waals surface area contributed by atoms with Crippen molar-refractivity contribution in [3.63, 3.8) is 0 Å². The Bertz CT molecular complexity index is 2890. The summed E-state index contributed by atoms with van der Waals surface area (Å²) in [4.78, 5) is 0. The fourth-order valence-corrected chi connectivity index (χ4v) is 8.02. The summed E-state index contributed by atoms with van der Waals surface area (Å²) in [6.45, 7) is 15.3. The Labute approximate surface area is 390 Å². The smallest absolute Gasteiger partial charge is 0.201 e. The van der Waals surface area contributed by atoms with E-state index in [1.165, 1.54) is 67.2 Å². The molecule has 4 nitrogen and oxygen atoms in total. The number of aryl methyl sites for hydroxylation is 11. The van der Waals surface area contributed by atoms with Crippen molar-refractivity contribution in [1.82, 2.24) is 0 Å². The molecule has 0 spiro atoms. The van der Waals surface area contributed by atoms with Gasteiger partial charge in [-0.05, 0) is 142 Å². The van der Waals surface area contributed by atoms with Crippen LogP contribution in [0.4, 0.5) is 0 Å². The Morgan fingerprint density at radius 2 is 0.797 bits per heavy atom. The number of aromatic nitrogens is 4. The molecule has 0 unspecified atom stereocenters. The number of benzene rings is 4. The molecule has 0 aliphatic carbocycles. The molecule has 0 aliphatic rings. The SMILES string of the molecule is CCc1ccc(-c2cccc[n+]2C)c(C)c1.Cc1cc(CC(C)C)ccc1-c1cccc[n+]1C.Cc1ccc(C)c(-c2cccc[n+]2C)c1.[2H]C([2H])([2H])c1ccc(-c2cccc[n+]2C)c(C)c1. The van der Waals surface area contributed by atoms with E-state index in [2.05, 4.69) is 211 Å². The summed E-state index contributed by atoms with van der Waals surface area (Å²) in [5, 5.41) is 0. The van der Waals surface area contributed by atoms with Crippen LogP contribution in [-0.4, -0.2) is 0 Å². The van der Waals surface area contributed by atoms with Crippen molar-refractivity contribution in [2.75, 3.05) is 0 Å². The second-order valence-corrected chi connectivity index (χ2v) is 17.4. The summed E-state index contributed by atoms with van der Waals surface area (Å²) < 4.78 is 30.8. The van der Waals surface area contributed by atoms with Crippen LogP contribution in [0.3, 0.4) is 0 Å². The minimum atomic E-state index is -2.04. The van der Waals surface area contributed by atoms with E-state index in [1.54, 1.807) is 12.1 Å². The van der Waals surface area contributed by atoms with Crippen LogP contribution < -0.4 is 18.3 Å². The van der Waals surface area contributed by atoms with Gasteiger partial charge in [0, 0.05) is 74.9 Å². The molecule has 4 aromatic carbocycles. The minimum Gasteiger partial charge on any atom is -0.201 e. The van der Waals surface area contributed by atoms with Gasteiger partial charge in [0.05, 0.1) is 0 Å². The lowest BCUT2D eigenvalue weighted by Gasteiger charge is -2.09. The highest BCUT2D eigenvalue weighted by atomic mass is 14.9. The maximum Gasteiger partial charge on any atom is 0.212 e. The number of rotatable bonds is 7. The molecular weight excluding hydrogens is 777 g/mol. The van der Waals surface area contributed by atoms with Crippen LogP contribution in [0.15, 0.2) is 170 Å². The van der Waals surface area contributed by atoms with Gasteiger partial charge in [-0.25, -0.2) is 18.3 Å². The highest BCUT2D eigenvalue weighted by Gasteiger charge is 2.14. The zero-order valence-electron chi connectivity index (χ0n) is 43.4. The van der Waals surface area contributed by atoms with Gasteiger partial charge in [0.1, 0.15) is 28.2 Å². The van der Waals surface area contributed by atoms with Gasteiger partial charge in [-0.1, -0.05) is 80.4 Å². The molecule has 0 amide bonds. The second kappa shape index (κ2) is 23.2. The van der Waals surface area contributed by atoms with Crippen molar-refractivity contribution < 1.29 is 22.4 Å². The Morgan fingerprint density at radius 3 is 1.19 bits per heavy atom. The molecule has 4 aromatic heterocycles. The van der Waals surface area contributed by atoms with Crippen molar-refractivity contribution in [3.8, 4) is 45.0 Å². The Balaban J connectivity index is 0.000000168. The van der Waals surface area contributed by atoms with Crippen molar-refractivity contribution in [3.05, 3.63) is 215 Å². The molecule has 8 aromatic rings. The van der Waals surface area contributed by atoms with Crippen molar-refractivity contribution >= 4 is 0 Å². The maximum atomic E-state index is 7.42. The van der Waals surface area contributed by atoms with Crippen LogP contribution in [-0.2, 0) is 41.0 Å². The number of pyridine rings is 4. The van der Waals surface area contributed by atoms with Gasteiger partial charge in [0.25, 0.3) is 0 Å². The van der Waals surface area contributed by atoms with Gasteiger partial charge in [0.2, 0.25) is 22.8 Å². The highest BCUT2D eigenvalue weighted by Crippen LogP contribution is 2.25. The highest BCUT2D eigenvalue weighted by molar-refractivity contribution is 5.64. The molecule has 4 heterocycles. The van der Waals surface area contributed by atoms with Crippen molar-refractivity contribution in [2.45, 2.75) is 75.1 Å². The lowest BCUT2D eigenvalue weighted by molar-refractivity contribution is -0.660. The first-order chi connectivity index (χ1) is 31.9.